The Morgan fingerprint density at radius 2 is 2.15 bits per heavy atom. The third-order valence-corrected chi connectivity index (χ3v) is 5.81. The van der Waals surface area contributed by atoms with E-state index in [9.17, 15) is 4.79 Å². The van der Waals surface area contributed by atoms with Crippen LogP contribution in [0.4, 0.5) is 5.69 Å². The molecule has 0 bridgehead atoms. The SMILES string of the molecule is CCCNC(=O)CN1CCC2(CC1)Nc1cc(Cl)ccc1C1=NCCN12. The van der Waals surface area contributed by atoms with Crippen LogP contribution in [0.5, 0.6) is 0 Å². The van der Waals surface area contributed by atoms with E-state index in [4.69, 9.17) is 16.6 Å². The molecule has 1 saturated heterocycles. The van der Waals surface area contributed by atoms with E-state index in [-0.39, 0.29) is 11.6 Å². The van der Waals surface area contributed by atoms with Crippen molar-refractivity contribution in [1.82, 2.24) is 15.1 Å². The summed E-state index contributed by atoms with van der Waals surface area (Å²) in [6, 6.07) is 5.99. The van der Waals surface area contributed by atoms with Gasteiger partial charge in [0.1, 0.15) is 11.5 Å². The van der Waals surface area contributed by atoms with Gasteiger partial charge in [-0.3, -0.25) is 14.7 Å². The molecule has 4 rings (SSSR count). The Morgan fingerprint density at radius 1 is 1.35 bits per heavy atom. The van der Waals surface area contributed by atoms with Crippen molar-refractivity contribution in [2.24, 2.45) is 4.99 Å². The van der Waals surface area contributed by atoms with Gasteiger partial charge >= 0.3 is 0 Å². The number of hydrogen-bond acceptors (Lipinski definition) is 5. The molecule has 3 aliphatic heterocycles. The number of hydrogen-bond donors (Lipinski definition) is 2. The van der Waals surface area contributed by atoms with Crippen molar-refractivity contribution in [2.45, 2.75) is 31.8 Å². The molecule has 7 heteroatoms. The summed E-state index contributed by atoms with van der Waals surface area (Å²) in [4.78, 5) is 21.4. The van der Waals surface area contributed by atoms with Gasteiger partial charge in [0.2, 0.25) is 5.91 Å². The fourth-order valence-corrected chi connectivity index (χ4v) is 4.40. The molecular weight excluding hydrogens is 350 g/mol. The number of nitrogens with one attached hydrogen (secondary N) is 2. The molecule has 1 aromatic rings. The van der Waals surface area contributed by atoms with Crippen LogP contribution in [0.15, 0.2) is 23.2 Å². The minimum Gasteiger partial charge on any atom is -0.362 e. The third-order valence-electron chi connectivity index (χ3n) is 5.57. The largest absolute Gasteiger partial charge is 0.362 e. The monoisotopic (exact) mass is 375 g/mol. The number of halogens is 1. The van der Waals surface area contributed by atoms with Crippen molar-refractivity contribution >= 4 is 29.0 Å². The van der Waals surface area contributed by atoms with Crippen molar-refractivity contribution in [3.05, 3.63) is 28.8 Å². The van der Waals surface area contributed by atoms with Crippen molar-refractivity contribution < 1.29 is 4.79 Å². The van der Waals surface area contributed by atoms with Crippen LogP contribution in [-0.4, -0.2) is 66.5 Å². The number of benzene rings is 1. The second-order valence-corrected chi connectivity index (χ2v) is 7.77. The Hall–Kier alpha value is -1.79. The van der Waals surface area contributed by atoms with E-state index in [1.807, 2.05) is 12.1 Å². The highest BCUT2D eigenvalue weighted by atomic mass is 35.5. The molecule has 0 aromatic heterocycles. The average Bonchev–Trinajstić information content (AvgIpc) is 3.13. The summed E-state index contributed by atoms with van der Waals surface area (Å²) in [6.45, 7) is 6.88. The zero-order valence-corrected chi connectivity index (χ0v) is 16.0. The molecule has 140 valence electrons. The molecule has 0 aliphatic carbocycles. The molecule has 6 nitrogen and oxygen atoms in total. The molecule has 1 fully saturated rings. The molecular formula is C19H26ClN5O. The molecule has 2 N–H and O–H groups in total. The van der Waals surface area contributed by atoms with Crippen LogP contribution in [0.2, 0.25) is 5.02 Å². The Balaban J connectivity index is 1.48. The number of carbonyl (C=O) groups is 1. The number of amidine groups is 1. The summed E-state index contributed by atoms with van der Waals surface area (Å²) in [6.07, 6.45) is 2.88. The van der Waals surface area contributed by atoms with Gasteiger partial charge in [-0.05, 0) is 24.6 Å². The molecule has 3 heterocycles. The Morgan fingerprint density at radius 3 is 2.92 bits per heavy atom. The second kappa shape index (κ2) is 7.08. The lowest BCUT2D eigenvalue weighted by atomic mass is 9.90. The van der Waals surface area contributed by atoms with Gasteiger partial charge in [-0.25, -0.2) is 0 Å². The van der Waals surface area contributed by atoms with Crippen LogP contribution >= 0.6 is 11.6 Å². The number of anilines is 1. The number of aliphatic imine (C=N–C) groups is 1. The zero-order valence-electron chi connectivity index (χ0n) is 15.2. The summed E-state index contributed by atoms with van der Waals surface area (Å²) >= 11 is 6.22. The van der Waals surface area contributed by atoms with Crippen molar-refractivity contribution in [3.8, 4) is 0 Å². The minimum absolute atomic E-state index is 0.122. The fraction of sp³-hybridized carbons (Fsp3) is 0.579. The van der Waals surface area contributed by atoms with Gasteiger partial charge in [-0.15, -0.1) is 0 Å². The van der Waals surface area contributed by atoms with Crippen molar-refractivity contribution in [2.75, 3.05) is 44.6 Å². The fourth-order valence-electron chi connectivity index (χ4n) is 4.23. The van der Waals surface area contributed by atoms with Crippen LogP contribution in [0, 0.1) is 0 Å². The molecule has 1 aromatic carbocycles. The lowest BCUT2D eigenvalue weighted by molar-refractivity contribution is -0.122. The predicted octanol–water partition coefficient (Wildman–Crippen LogP) is 2.15. The van der Waals surface area contributed by atoms with Gasteiger partial charge in [0.05, 0.1) is 13.1 Å². The van der Waals surface area contributed by atoms with Gasteiger partial charge in [-0.1, -0.05) is 18.5 Å². The predicted molar refractivity (Wildman–Crippen MR) is 105 cm³/mol. The molecule has 1 spiro atoms. The minimum atomic E-state index is -0.122. The Bertz CT molecular complexity index is 727. The van der Waals surface area contributed by atoms with Crippen LogP contribution in [-0.2, 0) is 4.79 Å². The maximum absolute atomic E-state index is 12.0. The van der Waals surface area contributed by atoms with Crippen LogP contribution in [0.3, 0.4) is 0 Å². The van der Waals surface area contributed by atoms with E-state index in [0.29, 0.717) is 6.54 Å². The average molecular weight is 376 g/mol. The number of nitrogens with zero attached hydrogens (tertiary/aromatic N) is 3. The second-order valence-electron chi connectivity index (χ2n) is 7.33. The van der Waals surface area contributed by atoms with Crippen molar-refractivity contribution in [1.29, 1.82) is 0 Å². The number of amides is 1. The summed E-state index contributed by atoms with van der Waals surface area (Å²) in [5, 5.41) is 7.47. The van der Waals surface area contributed by atoms with E-state index in [2.05, 4.69) is 33.4 Å². The van der Waals surface area contributed by atoms with E-state index < -0.39 is 0 Å². The molecule has 3 aliphatic rings. The van der Waals surface area contributed by atoms with Crippen LogP contribution in [0.1, 0.15) is 31.7 Å². The smallest absolute Gasteiger partial charge is 0.234 e. The number of likely N-dealkylation sites (tertiary alicyclic amines) is 1. The van der Waals surface area contributed by atoms with E-state index >= 15 is 0 Å². The van der Waals surface area contributed by atoms with Gasteiger partial charge in [-0.2, -0.15) is 0 Å². The first kappa shape index (κ1) is 17.6. The van der Waals surface area contributed by atoms with E-state index in [0.717, 1.165) is 74.1 Å². The molecule has 1 amide bonds. The first-order valence-corrected chi connectivity index (χ1v) is 9.88. The standard InChI is InChI=1S/C19H26ClN5O/c1-2-7-21-17(26)13-24-9-5-19(6-10-24)23-16-12-14(20)3-4-15(16)18-22-8-11-25(18)19/h3-4,12,23H,2,5-11,13H2,1H3,(H,21,26). The highest BCUT2D eigenvalue weighted by molar-refractivity contribution is 6.31. The molecule has 0 unspecified atom stereocenters. The Labute approximate surface area is 159 Å². The molecule has 0 saturated carbocycles. The topological polar surface area (TPSA) is 60.0 Å². The van der Waals surface area contributed by atoms with Gasteiger partial charge in [0.25, 0.3) is 0 Å². The number of rotatable bonds is 4. The molecule has 0 radical (unpaired) electrons. The van der Waals surface area contributed by atoms with Gasteiger partial charge in [0, 0.05) is 55.3 Å². The molecule has 26 heavy (non-hydrogen) atoms. The van der Waals surface area contributed by atoms with Gasteiger partial charge < -0.3 is 15.5 Å². The van der Waals surface area contributed by atoms with E-state index in [1.54, 1.807) is 0 Å². The quantitative estimate of drug-likeness (QED) is 0.846. The maximum Gasteiger partial charge on any atom is 0.234 e. The third kappa shape index (κ3) is 3.16. The molecule has 0 atom stereocenters. The van der Waals surface area contributed by atoms with Crippen LogP contribution < -0.4 is 10.6 Å². The van der Waals surface area contributed by atoms with Crippen LogP contribution in [0.25, 0.3) is 0 Å². The number of piperidine rings is 1. The Kier molecular flexibility index (Phi) is 4.80. The first-order valence-electron chi connectivity index (χ1n) is 9.50. The first-order chi connectivity index (χ1) is 12.6. The van der Waals surface area contributed by atoms with E-state index in [1.165, 1.54) is 0 Å². The summed E-state index contributed by atoms with van der Waals surface area (Å²) in [5.41, 5.74) is 2.09. The normalized spacial score (nSPS) is 21.0. The number of carbonyl (C=O) groups excluding carboxylic acids is 1. The summed E-state index contributed by atoms with van der Waals surface area (Å²) in [7, 11) is 0. The highest BCUT2D eigenvalue weighted by Gasteiger charge is 2.46. The lowest BCUT2D eigenvalue weighted by Crippen LogP contribution is -2.63. The maximum atomic E-state index is 12.0. The zero-order chi connectivity index (χ0) is 18.1. The summed E-state index contributed by atoms with van der Waals surface area (Å²) in [5.74, 6) is 1.21. The lowest BCUT2D eigenvalue weighted by Gasteiger charge is -2.52. The van der Waals surface area contributed by atoms with Gasteiger partial charge in [0.15, 0.2) is 0 Å². The summed E-state index contributed by atoms with van der Waals surface area (Å²) < 4.78 is 0. The highest BCUT2D eigenvalue weighted by Crippen LogP contribution is 2.40. The van der Waals surface area contributed by atoms with Crippen molar-refractivity contribution in [3.63, 3.8) is 0 Å². The number of fused-ring (bicyclic) bond motifs is 4.